The summed E-state index contributed by atoms with van der Waals surface area (Å²) in [6.45, 7) is 2.98. The topological polar surface area (TPSA) is 24.9 Å². The number of rotatable bonds is 5. The first-order valence-corrected chi connectivity index (χ1v) is 7.35. The molecule has 2 aromatic heterocycles. The van der Waals surface area contributed by atoms with Gasteiger partial charge >= 0.3 is 0 Å². The van der Waals surface area contributed by atoms with E-state index in [9.17, 15) is 0 Å². The SMILES string of the molecule is CCNC(Cc1ccc(Cl)s1)c1ccncc1Cl. The molecule has 0 saturated carbocycles. The van der Waals surface area contributed by atoms with Gasteiger partial charge in [0.15, 0.2) is 0 Å². The second-order valence-corrected chi connectivity index (χ2v) is 6.12. The number of hydrogen-bond donors (Lipinski definition) is 1. The molecule has 0 aromatic carbocycles. The number of likely N-dealkylation sites (N-methyl/N-ethyl adjacent to an activating group) is 1. The molecule has 0 aliphatic carbocycles. The molecule has 0 aliphatic rings. The molecule has 5 heteroatoms. The predicted molar refractivity (Wildman–Crippen MR) is 78.7 cm³/mol. The lowest BCUT2D eigenvalue weighted by molar-refractivity contribution is 0.553. The molecule has 1 unspecified atom stereocenters. The zero-order valence-corrected chi connectivity index (χ0v) is 12.3. The van der Waals surface area contributed by atoms with Gasteiger partial charge < -0.3 is 5.32 Å². The normalized spacial score (nSPS) is 12.6. The summed E-state index contributed by atoms with van der Waals surface area (Å²) < 4.78 is 0.820. The molecule has 2 heterocycles. The van der Waals surface area contributed by atoms with Crippen LogP contribution in [0.15, 0.2) is 30.6 Å². The van der Waals surface area contributed by atoms with Crippen LogP contribution in [0.5, 0.6) is 0 Å². The summed E-state index contributed by atoms with van der Waals surface area (Å²) in [6, 6.07) is 6.15. The highest BCUT2D eigenvalue weighted by Gasteiger charge is 2.15. The summed E-state index contributed by atoms with van der Waals surface area (Å²) in [5, 5.41) is 4.15. The summed E-state index contributed by atoms with van der Waals surface area (Å²) in [7, 11) is 0. The third-order valence-corrected chi connectivity index (χ3v) is 4.23. The van der Waals surface area contributed by atoms with Gasteiger partial charge in [0.2, 0.25) is 0 Å². The largest absolute Gasteiger partial charge is 0.310 e. The Morgan fingerprint density at radius 1 is 1.33 bits per heavy atom. The van der Waals surface area contributed by atoms with Gasteiger partial charge in [-0.15, -0.1) is 11.3 Å². The third kappa shape index (κ3) is 3.45. The molecule has 18 heavy (non-hydrogen) atoms. The van der Waals surface area contributed by atoms with Crippen LogP contribution in [0.1, 0.15) is 23.4 Å². The lowest BCUT2D eigenvalue weighted by atomic mass is 10.0. The van der Waals surface area contributed by atoms with E-state index in [-0.39, 0.29) is 6.04 Å². The minimum absolute atomic E-state index is 0.195. The van der Waals surface area contributed by atoms with Crippen molar-refractivity contribution in [3.8, 4) is 0 Å². The van der Waals surface area contributed by atoms with Gasteiger partial charge in [-0.3, -0.25) is 4.98 Å². The zero-order valence-electron chi connectivity index (χ0n) is 9.99. The van der Waals surface area contributed by atoms with Crippen LogP contribution < -0.4 is 5.32 Å². The lowest BCUT2D eigenvalue weighted by Gasteiger charge is -2.18. The fraction of sp³-hybridized carbons (Fsp3) is 0.308. The van der Waals surface area contributed by atoms with Crippen molar-refractivity contribution < 1.29 is 0 Å². The highest BCUT2D eigenvalue weighted by molar-refractivity contribution is 7.16. The van der Waals surface area contributed by atoms with Crippen molar-refractivity contribution in [2.24, 2.45) is 0 Å². The van der Waals surface area contributed by atoms with Crippen LogP contribution in [0.4, 0.5) is 0 Å². The van der Waals surface area contributed by atoms with Gasteiger partial charge in [-0.25, -0.2) is 0 Å². The number of thiophene rings is 1. The molecule has 0 aliphatic heterocycles. The Kier molecular flexibility index (Phi) is 5.01. The maximum absolute atomic E-state index is 6.20. The second kappa shape index (κ2) is 6.53. The van der Waals surface area contributed by atoms with E-state index in [1.54, 1.807) is 23.7 Å². The van der Waals surface area contributed by atoms with E-state index in [0.717, 1.165) is 22.9 Å². The average molecular weight is 301 g/mol. The molecule has 96 valence electrons. The monoisotopic (exact) mass is 300 g/mol. The van der Waals surface area contributed by atoms with E-state index >= 15 is 0 Å². The maximum atomic E-state index is 6.20. The Labute approximate surface area is 121 Å². The maximum Gasteiger partial charge on any atom is 0.0931 e. The van der Waals surface area contributed by atoms with Crippen molar-refractivity contribution in [1.29, 1.82) is 0 Å². The Morgan fingerprint density at radius 3 is 2.78 bits per heavy atom. The number of pyridine rings is 1. The van der Waals surface area contributed by atoms with Crippen LogP contribution >= 0.6 is 34.5 Å². The van der Waals surface area contributed by atoms with E-state index in [1.165, 1.54) is 4.88 Å². The van der Waals surface area contributed by atoms with Gasteiger partial charge in [0, 0.05) is 29.7 Å². The zero-order chi connectivity index (χ0) is 13.0. The summed E-state index contributed by atoms with van der Waals surface area (Å²) in [6.07, 6.45) is 4.34. The fourth-order valence-corrected chi connectivity index (χ4v) is 3.25. The Bertz CT molecular complexity index is 513. The molecule has 1 atom stereocenters. The molecule has 1 N–H and O–H groups in total. The molecule has 0 saturated heterocycles. The van der Waals surface area contributed by atoms with Crippen LogP contribution in [-0.2, 0) is 6.42 Å². The summed E-state index contributed by atoms with van der Waals surface area (Å²) in [4.78, 5) is 5.27. The smallest absolute Gasteiger partial charge is 0.0931 e. The molecular weight excluding hydrogens is 287 g/mol. The molecule has 2 nitrogen and oxygen atoms in total. The summed E-state index contributed by atoms with van der Waals surface area (Å²) in [5.41, 5.74) is 1.08. The molecule has 0 spiro atoms. The van der Waals surface area contributed by atoms with E-state index in [1.807, 2.05) is 12.1 Å². The molecule has 0 bridgehead atoms. The van der Waals surface area contributed by atoms with Crippen molar-refractivity contribution in [2.75, 3.05) is 6.54 Å². The molecule has 2 aromatic rings. The summed E-state index contributed by atoms with van der Waals surface area (Å²) in [5.74, 6) is 0. The first-order chi connectivity index (χ1) is 8.70. The van der Waals surface area contributed by atoms with Crippen molar-refractivity contribution in [2.45, 2.75) is 19.4 Å². The van der Waals surface area contributed by atoms with Crippen molar-refractivity contribution >= 4 is 34.5 Å². The number of halogens is 2. The van der Waals surface area contributed by atoms with Crippen LogP contribution in [0.25, 0.3) is 0 Å². The average Bonchev–Trinajstić information content (AvgIpc) is 2.75. The Morgan fingerprint density at radius 2 is 2.17 bits per heavy atom. The quantitative estimate of drug-likeness (QED) is 0.888. The highest BCUT2D eigenvalue weighted by atomic mass is 35.5. The van der Waals surface area contributed by atoms with E-state index in [2.05, 4.69) is 23.3 Å². The van der Waals surface area contributed by atoms with Gasteiger partial charge in [0.25, 0.3) is 0 Å². The standard InChI is InChI=1S/C13H14Cl2N2S/c1-2-17-12(7-9-3-4-13(15)18-9)10-5-6-16-8-11(10)14/h3-6,8,12,17H,2,7H2,1H3. The van der Waals surface area contributed by atoms with Crippen LogP contribution in [0.3, 0.4) is 0 Å². The summed E-state index contributed by atoms with van der Waals surface area (Å²) >= 11 is 13.8. The Balaban J connectivity index is 2.20. The number of nitrogens with one attached hydrogen (secondary N) is 1. The minimum Gasteiger partial charge on any atom is -0.310 e. The third-order valence-electron chi connectivity index (χ3n) is 2.66. The van der Waals surface area contributed by atoms with Crippen molar-refractivity contribution in [1.82, 2.24) is 10.3 Å². The minimum atomic E-state index is 0.195. The van der Waals surface area contributed by atoms with E-state index in [0.29, 0.717) is 5.02 Å². The number of nitrogens with zero attached hydrogens (tertiary/aromatic N) is 1. The van der Waals surface area contributed by atoms with Gasteiger partial charge in [-0.2, -0.15) is 0 Å². The number of hydrogen-bond acceptors (Lipinski definition) is 3. The molecular formula is C13H14Cl2N2S. The van der Waals surface area contributed by atoms with Crippen LogP contribution in [-0.4, -0.2) is 11.5 Å². The van der Waals surface area contributed by atoms with Crippen LogP contribution in [0.2, 0.25) is 9.36 Å². The number of aromatic nitrogens is 1. The van der Waals surface area contributed by atoms with Gasteiger partial charge in [0.05, 0.1) is 9.36 Å². The van der Waals surface area contributed by atoms with Crippen molar-refractivity contribution in [3.63, 3.8) is 0 Å². The molecule has 0 amide bonds. The lowest BCUT2D eigenvalue weighted by Crippen LogP contribution is -2.23. The van der Waals surface area contributed by atoms with E-state index < -0.39 is 0 Å². The van der Waals surface area contributed by atoms with Gasteiger partial charge in [-0.1, -0.05) is 30.1 Å². The van der Waals surface area contributed by atoms with Gasteiger partial charge in [-0.05, 0) is 30.3 Å². The fourth-order valence-electron chi connectivity index (χ4n) is 1.87. The predicted octanol–water partition coefficient (Wildman–Crippen LogP) is 4.34. The first kappa shape index (κ1) is 13.8. The Hall–Kier alpha value is -0.610. The van der Waals surface area contributed by atoms with Crippen molar-refractivity contribution in [3.05, 3.63) is 50.4 Å². The van der Waals surface area contributed by atoms with E-state index in [4.69, 9.17) is 23.2 Å². The first-order valence-electron chi connectivity index (χ1n) is 5.77. The second-order valence-electron chi connectivity index (χ2n) is 3.92. The molecule has 0 fully saturated rings. The molecule has 0 radical (unpaired) electrons. The highest BCUT2D eigenvalue weighted by Crippen LogP contribution is 2.29. The molecule has 2 rings (SSSR count). The van der Waals surface area contributed by atoms with Crippen LogP contribution in [0, 0.1) is 0 Å². The van der Waals surface area contributed by atoms with Gasteiger partial charge in [0.1, 0.15) is 0 Å².